The van der Waals surface area contributed by atoms with E-state index in [-0.39, 0.29) is 29.4 Å². The van der Waals surface area contributed by atoms with Crippen molar-refractivity contribution in [1.29, 1.82) is 0 Å². The third kappa shape index (κ3) is 4.41. The summed E-state index contributed by atoms with van der Waals surface area (Å²) in [7, 11) is 0. The number of aromatic amines is 1. The third-order valence-electron chi connectivity index (χ3n) is 9.35. The predicted molar refractivity (Wildman–Crippen MR) is 152 cm³/mol. The van der Waals surface area contributed by atoms with E-state index in [4.69, 9.17) is 9.72 Å². The normalized spacial score (nSPS) is 26.8. The molecular formula is C30H35F2N7O2. The van der Waals surface area contributed by atoms with E-state index in [9.17, 15) is 9.50 Å². The highest BCUT2D eigenvalue weighted by Crippen LogP contribution is 2.41. The van der Waals surface area contributed by atoms with E-state index in [0.717, 1.165) is 47.8 Å². The number of β-amino-alcohol motifs (C(OH)–C–C–N with tert-alkyl or cyclic N) is 1. The molecule has 3 aromatic heterocycles. The summed E-state index contributed by atoms with van der Waals surface area (Å²) in [6.45, 7) is 8.22. The van der Waals surface area contributed by atoms with Crippen molar-refractivity contribution in [1.82, 2.24) is 30.0 Å². The smallest absolute Gasteiger partial charge is 0.319 e. The summed E-state index contributed by atoms with van der Waals surface area (Å²) < 4.78 is 37.2. The number of rotatable bonds is 5. The zero-order chi connectivity index (χ0) is 28.5. The van der Waals surface area contributed by atoms with Crippen molar-refractivity contribution in [2.75, 3.05) is 37.7 Å². The fraction of sp³-hybridized carbons (Fsp3) is 0.533. The number of benzene rings is 1. The fourth-order valence-electron chi connectivity index (χ4n) is 7.18. The molecule has 1 aromatic carbocycles. The maximum atomic E-state index is 16.6. The van der Waals surface area contributed by atoms with Gasteiger partial charge in [0.05, 0.1) is 28.2 Å². The number of halogens is 2. The van der Waals surface area contributed by atoms with E-state index in [2.05, 4.69) is 25.1 Å². The van der Waals surface area contributed by atoms with Gasteiger partial charge in [-0.3, -0.25) is 15.0 Å². The number of anilines is 1. The zero-order valence-corrected chi connectivity index (χ0v) is 23.7. The van der Waals surface area contributed by atoms with Crippen LogP contribution in [-0.2, 0) is 0 Å². The number of hydrogen-bond donors (Lipinski definition) is 2. The van der Waals surface area contributed by atoms with Gasteiger partial charge in [-0.25, -0.2) is 8.78 Å². The van der Waals surface area contributed by atoms with Crippen LogP contribution in [0.1, 0.15) is 50.2 Å². The fourth-order valence-corrected chi connectivity index (χ4v) is 7.18. The van der Waals surface area contributed by atoms with E-state index >= 15 is 4.39 Å². The number of hydrogen-bond acceptors (Lipinski definition) is 8. The first-order valence-electron chi connectivity index (χ1n) is 14.4. The minimum absolute atomic E-state index is 0.0479. The number of piperidine rings is 1. The summed E-state index contributed by atoms with van der Waals surface area (Å²) in [5, 5.41) is 19.2. The van der Waals surface area contributed by atoms with Crippen LogP contribution in [0.3, 0.4) is 0 Å². The number of alkyl halides is 1. The molecule has 7 rings (SSSR count). The number of aromatic nitrogens is 5. The molecule has 41 heavy (non-hydrogen) atoms. The van der Waals surface area contributed by atoms with Crippen LogP contribution in [0.15, 0.2) is 18.5 Å². The lowest BCUT2D eigenvalue weighted by molar-refractivity contribution is 0.0447. The minimum atomic E-state index is -0.905. The Hall–Kier alpha value is -3.44. The molecule has 3 saturated heterocycles. The van der Waals surface area contributed by atoms with Crippen LogP contribution in [0.5, 0.6) is 6.01 Å². The summed E-state index contributed by atoms with van der Waals surface area (Å²) in [4.78, 5) is 18.1. The zero-order valence-electron chi connectivity index (χ0n) is 23.7. The molecule has 0 aliphatic carbocycles. The maximum absolute atomic E-state index is 16.6. The van der Waals surface area contributed by atoms with E-state index < -0.39 is 17.6 Å². The molecule has 9 nitrogen and oxygen atoms in total. The van der Waals surface area contributed by atoms with Crippen LogP contribution in [-0.4, -0.2) is 85.3 Å². The lowest BCUT2D eigenvalue weighted by atomic mass is 9.94. The van der Waals surface area contributed by atoms with Gasteiger partial charge in [-0.1, -0.05) is 0 Å². The molecule has 0 unspecified atom stereocenters. The van der Waals surface area contributed by atoms with Crippen LogP contribution in [0.25, 0.3) is 33.1 Å². The Morgan fingerprint density at radius 2 is 1.98 bits per heavy atom. The molecule has 0 saturated carbocycles. The molecule has 2 N–H and O–H groups in total. The van der Waals surface area contributed by atoms with Crippen LogP contribution in [0, 0.1) is 19.7 Å². The Labute approximate surface area is 236 Å². The average molecular weight is 564 g/mol. The molecule has 0 spiro atoms. The van der Waals surface area contributed by atoms with Crippen LogP contribution in [0.4, 0.5) is 14.6 Å². The van der Waals surface area contributed by atoms with Gasteiger partial charge in [0.2, 0.25) is 0 Å². The van der Waals surface area contributed by atoms with Gasteiger partial charge < -0.3 is 14.7 Å². The highest BCUT2D eigenvalue weighted by atomic mass is 19.1. The summed E-state index contributed by atoms with van der Waals surface area (Å²) in [5.41, 5.74) is 2.36. The number of H-pyrrole nitrogens is 1. The molecule has 3 fully saturated rings. The first kappa shape index (κ1) is 26.5. The Morgan fingerprint density at radius 1 is 1.15 bits per heavy atom. The second-order valence-corrected chi connectivity index (χ2v) is 12.4. The number of nitrogens with zero attached hydrogens (tertiary/aromatic N) is 6. The number of aliphatic hydroxyl groups is 1. The van der Waals surface area contributed by atoms with Gasteiger partial charge in [-0.15, -0.1) is 0 Å². The number of aryl methyl sites for hydroxylation is 1. The number of nitrogens with one attached hydrogen (secondary N) is 1. The van der Waals surface area contributed by atoms with Crippen molar-refractivity contribution in [3.8, 4) is 17.3 Å². The van der Waals surface area contributed by atoms with Crippen molar-refractivity contribution in [2.24, 2.45) is 0 Å². The van der Waals surface area contributed by atoms with Crippen LogP contribution in [0.2, 0.25) is 0 Å². The average Bonchev–Trinajstić information content (AvgIpc) is 3.62. The molecule has 4 aromatic rings. The molecule has 0 amide bonds. The highest BCUT2D eigenvalue weighted by Gasteiger charge is 2.49. The Balaban J connectivity index is 1.36. The van der Waals surface area contributed by atoms with Crippen molar-refractivity contribution >= 4 is 27.6 Å². The van der Waals surface area contributed by atoms with Gasteiger partial charge >= 0.3 is 6.01 Å². The quantitative estimate of drug-likeness (QED) is 0.362. The summed E-state index contributed by atoms with van der Waals surface area (Å²) in [6.07, 6.45) is 6.10. The molecule has 3 atom stereocenters. The summed E-state index contributed by atoms with van der Waals surface area (Å²) >= 11 is 0. The predicted octanol–water partition coefficient (Wildman–Crippen LogP) is 4.63. The monoisotopic (exact) mass is 563 g/mol. The van der Waals surface area contributed by atoms with E-state index in [0.29, 0.717) is 49.2 Å². The first-order chi connectivity index (χ1) is 19.6. The van der Waals surface area contributed by atoms with Crippen molar-refractivity contribution in [3.63, 3.8) is 0 Å². The Morgan fingerprint density at radius 3 is 2.80 bits per heavy atom. The van der Waals surface area contributed by atoms with E-state index in [1.54, 1.807) is 19.3 Å². The number of pyridine rings is 1. The van der Waals surface area contributed by atoms with Gasteiger partial charge in [0.1, 0.15) is 29.8 Å². The van der Waals surface area contributed by atoms with Crippen molar-refractivity contribution in [3.05, 3.63) is 35.4 Å². The Bertz CT molecular complexity index is 1660. The van der Waals surface area contributed by atoms with Gasteiger partial charge in [0, 0.05) is 43.2 Å². The van der Waals surface area contributed by atoms with Gasteiger partial charge in [0.25, 0.3) is 0 Å². The van der Waals surface area contributed by atoms with Gasteiger partial charge in [-0.2, -0.15) is 15.1 Å². The topological polar surface area (TPSA) is 103 Å². The summed E-state index contributed by atoms with van der Waals surface area (Å²) in [6, 6.07) is 2.04. The van der Waals surface area contributed by atoms with E-state index in [1.807, 2.05) is 24.8 Å². The van der Waals surface area contributed by atoms with Crippen molar-refractivity contribution < 1.29 is 18.6 Å². The minimum Gasteiger partial charge on any atom is -0.461 e. The lowest BCUT2D eigenvalue weighted by Crippen LogP contribution is -2.46. The van der Waals surface area contributed by atoms with Gasteiger partial charge in [0.15, 0.2) is 5.82 Å². The van der Waals surface area contributed by atoms with Crippen molar-refractivity contribution in [2.45, 2.75) is 70.2 Å². The first-order valence-corrected chi connectivity index (χ1v) is 14.4. The standard InChI is InChI=1S/C30H35F2N7O2/c1-17-10-22-20(13-34-37-22)23(18(17)2)26-24(32)25-21(12-33-26)27(38-8-4-6-29(3,40)15-38)36-28(35-25)41-16-30-7-5-9-39(30)14-19(31)11-30/h10,12-13,19,40H,4-9,11,14-16H2,1-3H3,(H,34,37)/t19-,29-,30+/m1/s1. The molecular weight excluding hydrogens is 528 g/mol. The molecule has 3 aliphatic heterocycles. The molecule has 216 valence electrons. The highest BCUT2D eigenvalue weighted by molar-refractivity contribution is 5.99. The maximum Gasteiger partial charge on any atom is 0.319 e. The van der Waals surface area contributed by atoms with Gasteiger partial charge in [-0.05, 0) is 70.2 Å². The molecule has 6 heterocycles. The molecule has 3 aliphatic rings. The van der Waals surface area contributed by atoms with E-state index in [1.165, 1.54) is 0 Å². The molecule has 11 heteroatoms. The second kappa shape index (κ2) is 9.55. The molecule has 0 bridgehead atoms. The number of fused-ring (bicyclic) bond motifs is 3. The summed E-state index contributed by atoms with van der Waals surface area (Å²) in [5.74, 6) is -0.0887. The lowest BCUT2D eigenvalue weighted by Gasteiger charge is -2.38. The van der Waals surface area contributed by atoms with Crippen LogP contribution < -0.4 is 9.64 Å². The second-order valence-electron chi connectivity index (χ2n) is 12.4. The SMILES string of the molecule is Cc1cc2[nH]ncc2c(-c2ncc3c(N4CCC[C@@](C)(O)C4)nc(OC[C@@]45CCCN4C[C@H](F)C5)nc3c2F)c1C. The molecule has 0 radical (unpaired) electrons. The number of ether oxygens (including phenoxy) is 1. The third-order valence-corrected chi connectivity index (χ3v) is 9.35. The largest absolute Gasteiger partial charge is 0.461 e. The van der Waals surface area contributed by atoms with Crippen LogP contribution >= 0.6 is 0 Å². The Kier molecular flexibility index (Phi) is 6.17.